The highest BCUT2D eigenvalue weighted by Gasteiger charge is 2.31. The maximum Gasteiger partial charge on any atom is 0.330 e. The smallest absolute Gasteiger partial charge is 0.330 e. The number of hydrogen-bond donors (Lipinski definition) is 0. The Morgan fingerprint density at radius 3 is 3.06 bits per heavy atom. The van der Waals surface area contributed by atoms with Crippen molar-refractivity contribution in [2.75, 3.05) is 38.9 Å². The molecule has 1 fully saturated rings. The molecule has 0 spiro atoms. The fourth-order valence-corrected chi connectivity index (χ4v) is 1.81. The van der Waals surface area contributed by atoms with Crippen LogP contribution >= 0.6 is 0 Å². The number of rotatable bonds is 3. The van der Waals surface area contributed by atoms with Crippen molar-refractivity contribution in [3.05, 3.63) is 12.4 Å². The molecule has 0 radical (unpaired) electrons. The summed E-state index contributed by atoms with van der Waals surface area (Å²) in [7, 11) is 2.89. The first-order chi connectivity index (χ1) is 8.76. The number of hydrogen-bond acceptors (Lipinski definition) is 7. The molecule has 1 aliphatic heterocycles. The summed E-state index contributed by atoms with van der Waals surface area (Å²) in [5.41, 5.74) is 0. The highest BCUT2D eigenvalue weighted by molar-refractivity contribution is 5.80. The van der Waals surface area contributed by atoms with Gasteiger partial charge in [-0.1, -0.05) is 0 Å². The van der Waals surface area contributed by atoms with Gasteiger partial charge in [-0.25, -0.2) is 14.8 Å². The van der Waals surface area contributed by atoms with Gasteiger partial charge in [-0.15, -0.1) is 0 Å². The van der Waals surface area contributed by atoms with E-state index in [-0.39, 0.29) is 5.97 Å². The molecule has 1 aliphatic rings. The molecule has 1 unspecified atom stereocenters. The van der Waals surface area contributed by atoms with E-state index in [9.17, 15) is 4.79 Å². The summed E-state index contributed by atoms with van der Waals surface area (Å²) in [6.07, 6.45) is 1.40. The van der Waals surface area contributed by atoms with E-state index in [1.807, 2.05) is 4.90 Å². The Balaban J connectivity index is 2.24. The monoisotopic (exact) mass is 253 g/mol. The van der Waals surface area contributed by atoms with Gasteiger partial charge in [0.1, 0.15) is 12.1 Å². The van der Waals surface area contributed by atoms with E-state index < -0.39 is 6.04 Å². The van der Waals surface area contributed by atoms with E-state index in [4.69, 9.17) is 14.2 Å². The molecule has 0 bridgehead atoms. The molecule has 18 heavy (non-hydrogen) atoms. The Morgan fingerprint density at radius 1 is 1.50 bits per heavy atom. The number of carbonyl (C=O) groups is 1. The molecule has 0 aromatic carbocycles. The fraction of sp³-hybridized carbons (Fsp3) is 0.545. The van der Waals surface area contributed by atoms with E-state index in [1.54, 1.807) is 6.07 Å². The van der Waals surface area contributed by atoms with Gasteiger partial charge in [-0.2, -0.15) is 0 Å². The van der Waals surface area contributed by atoms with Crippen LogP contribution in [-0.4, -0.2) is 56.0 Å². The second kappa shape index (κ2) is 5.63. The van der Waals surface area contributed by atoms with Crippen LogP contribution in [0, 0.1) is 0 Å². The quantitative estimate of drug-likeness (QED) is 0.694. The lowest BCUT2D eigenvalue weighted by Gasteiger charge is -2.34. The Labute approximate surface area is 105 Å². The Hall–Kier alpha value is -1.89. The summed E-state index contributed by atoms with van der Waals surface area (Å²) in [5, 5.41) is 0. The van der Waals surface area contributed by atoms with Crippen molar-refractivity contribution < 1.29 is 19.0 Å². The third-order valence-corrected chi connectivity index (χ3v) is 2.73. The zero-order valence-electron chi connectivity index (χ0n) is 10.3. The molecular weight excluding hydrogens is 238 g/mol. The molecule has 2 rings (SSSR count). The fourth-order valence-electron chi connectivity index (χ4n) is 1.81. The Morgan fingerprint density at radius 2 is 2.33 bits per heavy atom. The maximum absolute atomic E-state index is 11.7. The van der Waals surface area contributed by atoms with Crippen LogP contribution in [0.25, 0.3) is 0 Å². The van der Waals surface area contributed by atoms with Gasteiger partial charge in [0.15, 0.2) is 6.04 Å². The van der Waals surface area contributed by atoms with E-state index in [2.05, 4.69) is 9.97 Å². The van der Waals surface area contributed by atoms with Crippen LogP contribution in [0.2, 0.25) is 0 Å². The van der Waals surface area contributed by atoms with Crippen LogP contribution in [-0.2, 0) is 14.3 Å². The van der Waals surface area contributed by atoms with Crippen LogP contribution in [0.15, 0.2) is 12.4 Å². The van der Waals surface area contributed by atoms with Crippen LogP contribution in [0.5, 0.6) is 5.88 Å². The molecular formula is C11H15N3O4. The van der Waals surface area contributed by atoms with Crippen LogP contribution in [0.1, 0.15) is 0 Å². The maximum atomic E-state index is 11.7. The number of methoxy groups -OCH3 is 2. The van der Waals surface area contributed by atoms with Crippen molar-refractivity contribution in [2.24, 2.45) is 0 Å². The molecule has 1 saturated heterocycles. The van der Waals surface area contributed by atoms with Gasteiger partial charge in [0, 0.05) is 12.6 Å². The molecule has 0 aliphatic carbocycles. The largest absolute Gasteiger partial charge is 0.481 e. The van der Waals surface area contributed by atoms with Gasteiger partial charge in [0.05, 0.1) is 27.4 Å². The number of morpholine rings is 1. The number of aromatic nitrogens is 2. The lowest BCUT2D eigenvalue weighted by Crippen LogP contribution is -2.51. The van der Waals surface area contributed by atoms with E-state index in [0.717, 1.165) is 0 Å². The first-order valence-electron chi connectivity index (χ1n) is 5.54. The first kappa shape index (κ1) is 12.6. The molecule has 98 valence electrons. The molecule has 0 amide bonds. The van der Waals surface area contributed by atoms with Crippen molar-refractivity contribution in [1.82, 2.24) is 9.97 Å². The predicted molar refractivity (Wildman–Crippen MR) is 62.6 cm³/mol. The summed E-state index contributed by atoms with van der Waals surface area (Å²) >= 11 is 0. The summed E-state index contributed by atoms with van der Waals surface area (Å²) in [4.78, 5) is 21.6. The number of carbonyl (C=O) groups excluding carboxylic acids is 1. The van der Waals surface area contributed by atoms with Crippen molar-refractivity contribution in [3.63, 3.8) is 0 Å². The van der Waals surface area contributed by atoms with Gasteiger partial charge >= 0.3 is 5.97 Å². The predicted octanol–water partition coefficient (Wildman–Crippen LogP) is -0.137. The van der Waals surface area contributed by atoms with Gasteiger partial charge < -0.3 is 19.1 Å². The zero-order chi connectivity index (χ0) is 13.0. The number of anilines is 1. The third-order valence-electron chi connectivity index (χ3n) is 2.73. The average molecular weight is 253 g/mol. The minimum atomic E-state index is -0.483. The Kier molecular flexibility index (Phi) is 3.93. The van der Waals surface area contributed by atoms with Crippen molar-refractivity contribution in [1.29, 1.82) is 0 Å². The molecule has 1 atom stereocenters. The number of esters is 1. The van der Waals surface area contributed by atoms with Crippen molar-refractivity contribution in [2.45, 2.75) is 6.04 Å². The molecule has 7 nitrogen and oxygen atoms in total. The summed E-state index contributed by atoms with van der Waals surface area (Å²) < 4.78 is 15.1. The minimum absolute atomic E-state index is 0.291. The summed E-state index contributed by atoms with van der Waals surface area (Å²) in [5.74, 6) is 0.739. The highest BCUT2D eigenvalue weighted by atomic mass is 16.5. The molecule has 0 N–H and O–H groups in total. The van der Waals surface area contributed by atoms with Gasteiger partial charge in [0.2, 0.25) is 5.88 Å². The topological polar surface area (TPSA) is 73.8 Å². The minimum Gasteiger partial charge on any atom is -0.481 e. The van der Waals surface area contributed by atoms with Crippen molar-refractivity contribution >= 4 is 11.8 Å². The van der Waals surface area contributed by atoms with E-state index >= 15 is 0 Å². The van der Waals surface area contributed by atoms with Crippen LogP contribution < -0.4 is 9.64 Å². The second-order valence-electron chi connectivity index (χ2n) is 3.73. The summed E-state index contributed by atoms with van der Waals surface area (Å²) in [6.45, 7) is 1.40. The number of nitrogens with zero attached hydrogens (tertiary/aromatic N) is 3. The molecule has 2 heterocycles. The molecule has 7 heteroatoms. The molecule has 0 saturated carbocycles. The SMILES string of the molecule is COC(=O)C1COCCN1c1cc(OC)ncn1. The molecule has 1 aromatic heterocycles. The van der Waals surface area contributed by atoms with Gasteiger partial charge in [0.25, 0.3) is 0 Å². The van der Waals surface area contributed by atoms with Gasteiger partial charge in [-0.3, -0.25) is 0 Å². The Bertz CT molecular complexity index is 427. The molecule has 1 aromatic rings. The lowest BCUT2D eigenvalue weighted by atomic mass is 10.2. The van der Waals surface area contributed by atoms with Crippen LogP contribution in [0.4, 0.5) is 5.82 Å². The van der Waals surface area contributed by atoms with Crippen molar-refractivity contribution in [3.8, 4) is 5.88 Å². The van der Waals surface area contributed by atoms with Gasteiger partial charge in [-0.05, 0) is 0 Å². The first-order valence-corrected chi connectivity index (χ1v) is 5.54. The zero-order valence-corrected chi connectivity index (χ0v) is 10.3. The highest BCUT2D eigenvalue weighted by Crippen LogP contribution is 2.20. The van der Waals surface area contributed by atoms with E-state index in [1.165, 1.54) is 20.5 Å². The number of ether oxygens (including phenoxy) is 3. The summed E-state index contributed by atoms with van der Waals surface area (Å²) in [6, 6.07) is 1.20. The lowest BCUT2D eigenvalue weighted by molar-refractivity contribution is -0.144. The average Bonchev–Trinajstić information content (AvgIpc) is 2.46. The van der Waals surface area contributed by atoms with Crippen LogP contribution in [0.3, 0.4) is 0 Å². The normalized spacial score (nSPS) is 19.4. The second-order valence-corrected chi connectivity index (χ2v) is 3.73. The van der Waals surface area contributed by atoms with E-state index in [0.29, 0.717) is 31.5 Å². The standard InChI is InChI=1S/C11H15N3O4/c1-16-10-5-9(12-7-13-10)14-3-4-18-6-8(14)11(15)17-2/h5,7-8H,3-4,6H2,1-2H3. The third kappa shape index (κ3) is 2.51.